The second-order valence-corrected chi connectivity index (χ2v) is 4.92. The Labute approximate surface area is 120 Å². The summed E-state index contributed by atoms with van der Waals surface area (Å²) in [5, 5.41) is 18.0. The Bertz CT molecular complexity index is 389. The molecule has 1 amide bonds. The highest BCUT2D eigenvalue weighted by Gasteiger charge is 2.21. The normalized spacial score (nSPS) is 11.1. The second-order valence-electron chi connectivity index (χ2n) is 4.92. The number of nitrogens with zero attached hydrogens (tertiary/aromatic N) is 2. The van der Waals surface area contributed by atoms with Gasteiger partial charge in [0.1, 0.15) is 0 Å². The molecule has 0 aliphatic rings. The van der Waals surface area contributed by atoms with Crippen molar-refractivity contribution in [3.63, 3.8) is 0 Å². The molecule has 0 fully saturated rings. The largest absolute Gasteiger partial charge is 0.395 e. The van der Waals surface area contributed by atoms with Crippen LogP contribution >= 0.6 is 0 Å². The predicted octanol–water partition coefficient (Wildman–Crippen LogP) is 0.715. The monoisotopic (exact) mass is 280 g/mol. The Morgan fingerprint density at radius 1 is 1.10 bits per heavy atom. The van der Waals surface area contributed by atoms with Crippen LogP contribution in [0.2, 0.25) is 0 Å². The van der Waals surface area contributed by atoms with E-state index in [-0.39, 0.29) is 31.7 Å². The molecule has 0 spiro atoms. The van der Waals surface area contributed by atoms with Crippen molar-refractivity contribution in [2.24, 2.45) is 0 Å². The lowest BCUT2D eigenvalue weighted by Gasteiger charge is -2.29. The third-order valence-electron chi connectivity index (χ3n) is 3.01. The smallest absolute Gasteiger partial charge is 0.241 e. The van der Waals surface area contributed by atoms with Gasteiger partial charge in [-0.1, -0.05) is 18.2 Å². The topological polar surface area (TPSA) is 64.0 Å². The van der Waals surface area contributed by atoms with E-state index in [1.165, 1.54) is 0 Å². The van der Waals surface area contributed by atoms with Crippen LogP contribution in [0.1, 0.15) is 13.8 Å². The van der Waals surface area contributed by atoms with Crippen LogP contribution in [0.5, 0.6) is 0 Å². The van der Waals surface area contributed by atoms with Crippen LogP contribution in [0.25, 0.3) is 0 Å². The number of para-hydroxylation sites is 1. The number of carbonyl (C=O) groups excluding carboxylic acids is 1. The van der Waals surface area contributed by atoms with Crippen LogP contribution in [0.15, 0.2) is 30.3 Å². The fourth-order valence-electron chi connectivity index (χ4n) is 2.14. The molecule has 0 aromatic heterocycles. The summed E-state index contributed by atoms with van der Waals surface area (Å²) in [5.41, 5.74) is 0.862. The summed E-state index contributed by atoms with van der Waals surface area (Å²) in [5.74, 6) is -0.0342. The first kappa shape index (κ1) is 16.6. The van der Waals surface area contributed by atoms with Gasteiger partial charge >= 0.3 is 0 Å². The third kappa shape index (κ3) is 4.92. The van der Waals surface area contributed by atoms with E-state index in [9.17, 15) is 4.79 Å². The Kier molecular flexibility index (Phi) is 7.22. The Hall–Kier alpha value is -1.43. The molecule has 112 valence electrons. The fraction of sp³-hybridized carbons (Fsp3) is 0.533. The molecule has 5 heteroatoms. The van der Waals surface area contributed by atoms with Crippen molar-refractivity contribution in [3.8, 4) is 0 Å². The highest BCUT2D eigenvalue weighted by Crippen LogP contribution is 2.16. The number of rotatable bonds is 8. The van der Waals surface area contributed by atoms with E-state index < -0.39 is 0 Å². The summed E-state index contributed by atoms with van der Waals surface area (Å²) >= 11 is 0. The molecule has 0 unspecified atom stereocenters. The maximum atomic E-state index is 12.5. The number of hydrogen-bond acceptors (Lipinski definition) is 4. The molecule has 0 saturated carbocycles. The van der Waals surface area contributed by atoms with E-state index in [1.54, 1.807) is 9.80 Å². The number of carbonyl (C=O) groups is 1. The van der Waals surface area contributed by atoms with Crippen molar-refractivity contribution in [3.05, 3.63) is 30.3 Å². The molecule has 20 heavy (non-hydrogen) atoms. The molecule has 5 nitrogen and oxygen atoms in total. The molecule has 1 rings (SSSR count). The first-order chi connectivity index (χ1) is 9.60. The molecule has 0 radical (unpaired) electrons. The molecule has 2 N–H and O–H groups in total. The standard InChI is InChI=1S/C15H24N2O3/c1-13(2)17(14-6-4-3-5-7-14)15(20)12-16(8-10-18)9-11-19/h3-7,13,18-19H,8-12H2,1-2H3. The van der Waals surface area contributed by atoms with E-state index in [1.807, 2.05) is 44.2 Å². The van der Waals surface area contributed by atoms with Gasteiger partial charge in [0, 0.05) is 24.8 Å². The highest BCUT2D eigenvalue weighted by molar-refractivity contribution is 5.95. The molecule has 1 aromatic rings. The maximum absolute atomic E-state index is 12.5. The lowest BCUT2D eigenvalue weighted by molar-refractivity contribution is -0.120. The predicted molar refractivity (Wildman–Crippen MR) is 79.7 cm³/mol. The van der Waals surface area contributed by atoms with E-state index >= 15 is 0 Å². The molecular weight excluding hydrogens is 256 g/mol. The lowest BCUT2D eigenvalue weighted by Crippen LogP contribution is -2.45. The van der Waals surface area contributed by atoms with Gasteiger partial charge in [0.05, 0.1) is 19.8 Å². The number of hydrogen-bond donors (Lipinski definition) is 2. The van der Waals surface area contributed by atoms with Crippen LogP contribution in [0.3, 0.4) is 0 Å². The van der Waals surface area contributed by atoms with Crippen LogP contribution < -0.4 is 4.90 Å². The summed E-state index contributed by atoms with van der Waals surface area (Å²) in [6.45, 7) is 4.83. The number of aliphatic hydroxyl groups excluding tert-OH is 2. The minimum atomic E-state index is -0.0342. The van der Waals surface area contributed by atoms with Gasteiger partial charge in [-0.2, -0.15) is 0 Å². The number of amides is 1. The average molecular weight is 280 g/mol. The van der Waals surface area contributed by atoms with Crippen molar-refractivity contribution < 1.29 is 15.0 Å². The van der Waals surface area contributed by atoms with Crippen LogP contribution in [-0.4, -0.2) is 59.9 Å². The number of aliphatic hydroxyl groups is 2. The molecule has 1 aromatic carbocycles. The Morgan fingerprint density at radius 2 is 1.65 bits per heavy atom. The van der Waals surface area contributed by atoms with Gasteiger partial charge in [-0.25, -0.2) is 0 Å². The zero-order valence-electron chi connectivity index (χ0n) is 12.2. The molecule has 0 atom stereocenters. The van der Waals surface area contributed by atoms with Gasteiger partial charge in [-0.3, -0.25) is 9.69 Å². The van der Waals surface area contributed by atoms with E-state index in [4.69, 9.17) is 10.2 Å². The van der Waals surface area contributed by atoms with E-state index in [2.05, 4.69) is 0 Å². The third-order valence-corrected chi connectivity index (χ3v) is 3.01. The van der Waals surface area contributed by atoms with Crippen LogP contribution in [0.4, 0.5) is 5.69 Å². The zero-order chi connectivity index (χ0) is 15.0. The summed E-state index contributed by atoms with van der Waals surface area (Å²) < 4.78 is 0. The van der Waals surface area contributed by atoms with Gasteiger partial charge in [0.15, 0.2) is 0 Å². The number of benzene rings is 1. The summed E-state index contributed by atoms with van der Waals surface area (Å²) in [7, 11) is 0. The van der Waals surface area contributed by atoms with Gasteiger partial charge in [-0.15, -0.1) is 0 Å². The summed E-state index contributed by atoms with van der Waals surface area (Å²) in [6, 6.07) is 9.57. The summed E-state index contributed by atoms with van der Waals surface area (Å²) in [6.07, 6.45) is 0. The molecular formula is C15H24N2O3. The van der Waals surface area contributed by atoms with Gasteiger partial charge in [0.2, 0.25) is 5.91 Å². The average Bonchev–Trinajstić information content (AvgIpc) is 2.40. The minimum Gasteiger partial charge on any atom is -0.395 e. The van der Waals surface area contributed by atoms with Crippen LogP contribution in [0, 0.1) is 0 Å². The molecule has 0 heterocycles. The first-order valence-electron chi connectivity index (χ1n) is 6.91. The quantitative estimate of drug-likeness (QED) is 0.736. The van der Waals surface area contributed by atoms with Crippen molar-refractivity contribution in [1.29, 1.82) is 0 Å². The van der Waals surface area contributed by atoms with Gasteiger partial charge in [-0.05, 0) is 26.0 Å². The molecule has 0 aliphatic heterocycles. The van der Waals surface area contributed by atoms with E-state index in [0.717, 1.165) is 5.69 Å². The minimum absolute atomic E-state index is 0.0275. The van der Waals surface area contributed by atoms with Crippen molar-refractivity contribution in [2.45, 2.75) is 19.9 Å². The SMILES string of the molecule is CC(C)N(C(=O)CN(CCO)CCO)c1ccccc1. The molecule has 0 aliphatic carbocycles. The Balaban J connectivity index is 2.79. The second kappa shape index (κ2) is 8.68. The lowest BCUT2D eigenvalue weighted by atomic mass is 10.2. The first-order valence-corrected chi connectivity index (χ1v) is 6.91. The molecule has 0 bridgehead atoms. The number of anilines is 1. The maximum Gasteiger partial charge on any atom is 0.241 e. The zero-order valence-corrected chi connectivity index (χ0v) is 12.2. The molecule has 0 saturated heterocycles. The van der Waals surface area contributed by atoms with Crippen molar-refractivity contribution in [2.75, 3.05) is 37.7 Å². The van der Waals surface area contributed by atoms with E-state index in [0.29, 0.717) is 13.1 Å². The van der Waals surface area contributed by atoms with Gasteiger partial charge < -0.3 is 15.1 Å². The van der Waals surface area contributed by atoms with Crippen molar-refractivity contribution >= 4 is 11.6 Å². The van der Waals surface area contributed by atoms with Crippen LogP contribution in [-0.2, 0) is 4.79 Å². The summed E-state index contributed by atoms with van der Waals surface area (Å²) in [4.78, 5) is 16.0. The van der Waals surface area contributed by atoms with Crippen molar-refractivity contribution in [1.82, 2.24) is 4.90 Å². The highest BCUT2D eigenvalue weighted by atomic mass is 16.3. The Morgan fingerprint density at radius 3 is 2.10 bits per heavy atom. The van der Waals surface area contributed by atoms with Gasteiger partial charge in [0.25, 0.3) is 0 Å². The fourth-order valence-corrected chi connectivity index (χ4v) is 2.14.